The lowest BCUT2D eigenvalue weighted by molar-refractivity contribution is -0.107. The molecular weight excluding hydrogens is 220 g/mol. The fourth-order valence-electron chi connectivity index (χ4n) is 0.924. The van der Waals surface area contributed by atoms with Crippen molar-refractivity contribution in [1.82, 2.24) is 0 Å². The molecule has 0 aliphatic rings. The molecule has 64 valence electrons. The molecule has 0 heterocycles. The molecule has 1 aromatic rings. The van der Waals surface area contributed by atoms with E-state index in [9.17, 15) is 4.79 Å². The van der Waals surface area contributed by atoms with Crippen LogP contribution in [0.2, 0.25) is 0 Å². The lowest BCUT2D eigenvalue weighted by Gasteiger charge is -2.03. The maximum atomic E-state index is 10.3. The van der Waals surface area contributed by atoms with Gasteiger partial charge in [-0.15, -0.1) is 0 Å². The monoisotopic (exact) mass is 228 g/mol. The number of ether oxygens (including phenoxy) is 1. The average Bonchev–Trinajstić information content (AvgIpc) is 2.09. The molecular formula is C9H9BrO2. The SMILES string of the molecule is COc1ccc(Br)c(CC=O)c1. The molecule has 1 aromatic carbocycles. The number of carbonyl (C=O) groups is 1. The topological polar surface area (TPSA) is 26.3 Å². The van der Waals surface area contributed by atoms with Gasteiger partial charge in [-0.1, -0.05) is 15.9 Å². The van der Waals surface area contributed by atoms with Gasteiger partial charge in [-0.25, -0.2) is 0 Å². The molecule has 0 aliphatic carbocycles. The van der Waals surface area contributed by atoms with Gasteiger partial charge in [0.15, 0.2) is 0 Å². The summed E-state index contributed by atoms with van der Waals surface area (Å²) in [7, 11) is 1.61. The highest BCUT2D eigenvalue weighted by atomic mass is 79.9. The van der Waals surface area contributed by atoms with Gasteiger partial charge in [0, 0.05) is 10.9 Å². The molecule has 0 fully saturated rings. The summed E-state index contributed by atoms with van der Waals surface area (Å²) in [5, 5.41) is 0. The van der Waals surface area contributed by atoms with Gasteiger partial charge >= 0.3 is 0 Å². The molecule has 2 nitrogen and oxygen atoms in total. The van der Waals surface area contributed by atoms with Crippen LogP contribution in [0.5, 0.6) is 5.75 Å². The van der Waals surface area contributed by atoms with E-state index in [0.717, 1.165) is 22.1 Å². The third-order valence-electron chi connectivity index (χ3n) is 1.56. The van der Waals surface area contributed by atoms with Crippen molar-refractivity contribution in [3.63, 3.8) is 0 Å². The number of aldehydes is 1. The number of methoxy groups -OCH3 is 1. The smallest absolute Gasteiger partial charge is 0.124 e. The zero-order valence-electron chi connectivity index (χ0n) is 6.71. The van der Waals surface area contributed by atoms with Crippen LogP contribution < -0.4 is 4.74 Å². The molecule has 0 spiro atoms. The first kappa shape index (κ1) is 9.26. The summed E-state index contributed by atoms with van der Waals surface area (Å²) in [5.74, 6) is 0.773. The van der Waals surface area contributed by atoms with Gasteiger partial charge in [-0.2, -0.15) is 0 Å². The van der Waals surface area contributed by atoms with Crippen LogP contribution in [0.25, 0.3) is 0 Å². The van der Waals surface area contributed by atoms with E-state index in [-0.39, 0.29) is 0 Å². The van der Waals surface area contributed by atoms with Gasteiger partial charge in [-0.05, 0) is 23.8 Å². The fraction of sp³-hybridized carbons (Fsp3) is 0.222. The number of carbonyl (C=O) groups excluding carboxylic acids is 1. The second-order valence-electron chi connectivity index (χ2n) is 2.33. The summed E-state index contributed by atoms with van der Waals surface area (Å²) in [6, 6.07) is 5.56. The normalized spacial score (nSPS) is 9.50. The highest BCUT2D eigenvalue weighted by molar-refractivity contribution is 9.10. The summed E-state index contributed by atoms with van der Waals surface area (Å²) < 4.78 is 5.96. The number of hydrogen-bond donors (Lipinski definition) is 0. The first-order chi connectivity index (χ1) is 5.77. The summed E-state index contributed by atoms with van der Waals surface area (Å²) >= 11 is 3.35. The predicted octanol–water partition coefficient (Wildman–Crippen LogP) is 2.20. The maximum Gasteiger partial charge on any atom is 0.124 e. The van der Waals surface area contributed by atoms with E-state index < -0.39 is 0 Å². The van der Waals surface area contributed by atoms with Crippen LogP contribution in [0.3, 0.4) is 0 Å². The molecule has 0 amide bonds. The molecule has 0 unspecified atom stereocenters. The van der Waals surface area contributed by atoms with Crippen LogP contribution in [0.1, 0.15) is 5.56 Å². The lowest BCUT2D eigenvalue weighted by atomic mass is 10.1. The number of halogens is 1. The Kier molecular flexibility index (Phi) is 3.29. The summed E-state index contributed by atoms with van der Waals surface area (Å²) in [4.78, 5) is 10.3. The van der Waals surface area contributed by atoms with Crippen molar-refractivity contribution in [2.45, 2.75) is 6.42 Å². The summed E-state index contributed by atoms with van der Waals surface area (Å²) in [6.07, 6.45) is 1.29. The molecule has 0 saturated carbocycles. The third kappa shape index (κ3) is 2.08. The lowest BCUT2D eigenvalue weighted by Crippen LogP contribution is -1.90. The number of rotatable bonds is 3. The summed E-state index contributed by atoms with van der Waals surface area (Å²) in [6.45, 7) is 0. The van der Waals surface area contributed by atoms with E-state index in [0.29, 0.717) is 6.42 Å². The highest BCUT2D eigenvalue weighted by Gasteiger charge is 2.00. The van der Waals surface area contributed by atoms with Crippen LogP contribution in [0.15, 0.2) is 22.7 Å². The second-order valence-corrected chi connectivity index (χ2v) is 3.18. The van der Waals surface area contributed by atoms with Gasteiger partial charge in [0.25, 0.3) is 0 Å². The van der Waals surface area contributed by atoms with E-state index in [1.54, 1.807) is 7.11 Å². The van der Waals surface area contributed by atoms with Crippen LogP contribution in [0.4, 0.5) is 0 Å². The van der Waals surface area contributed by atoms with Crippen molar-refractivity contribution in [2.24, 2.45) is 0 Å². The Balaban J connectivity index is 2.99. The number of hydrogen-bond acceptors (Lipinski definition) is 2. The summed E-state index contributed by atoms with van der Waals surface area (Å²) in [5.41, 5.74) is 0.948. The fourth-order valence-corrected chi connectivity index (χ4v) is 1.33. The van der Waals surface area contributed by atoms with Gasteiger partial charge in [0.1, 0.15) is 12.0 Å². The van der Waals surface area contributed by atoms with E-state index in [4.69, 9.17) is 4.74 Å². The Hall–Kier alpha value is -0.830. The Bertz CT molecular complexity index is 284. The van der Waals surface area contributed by atoms with Crippen molar-refractivity contribution in [1.29, 1.82) is 0 Å². The Morgan fingerprint density at radius 1 is 1.58 bits per heavy atom. The third-order valence-corrected chi connectivity index (χ3v) is 2.33. The quantitative estimate of drug-likeness (QED) is 0.742. The molecule has 3 heteroatoms. The van der Waals surface area contributed by atoms with Crippen LogP contribution in [-0.2, 0) is 11.2 Å². The average molecular weight is 229 g/mol. The molecule has 0 radical (unpaired) electrons. The van der Waals surface area contributed by atoms with Crippen molar-refractivity contribution in [2.75, 3.05) is 7.11 Å². The van der Waals surface area contributed by atoms with Crippen molar-refractivity contribution in [3.8, 4) is 5.75 Å². The molecule has 0 aliphatic heterocycles. The van der Waals surface area contributed by atoms with E-state index in [1.165, 1.54) is 0 Å². The molecule has 0 aromatic heterocycles. The Morgan fingerprint density at radius 2 is 2.33 bits per heavy atom. The van der Waals surface area contributed by atoms with E-state index >= 15 is 0 Å². The maximum absolute atomic E-state index is 10.3. The molecule has 0 saturated heterocycles. The van der Waals surface area contributed by atoms with Crippen molar-refractivity contribution in [3.05, 3.63) is 28.2 Å². The zero-order chi connectivity index (χ0) is 8.97. The van der Waals surface area contributed by atoms with E-state index in [1.807, 2.05) is 18.2 Å². The van der Waals surface area contributed by atoms with Gasteiger partial charge in [-0.3, -0.25) is 0 Å². The second kappa shape index (κ2) is 4.26. The minimum Gasteiger partial charge on any atom is -0.497 e. The van der Waals surface area contributed by atoms with Crippen LogP contribution in [-0.4, -0.2) is 13.4 Å². The predicted molar refractivity (Wildman–Crippen MR) is 50.5 cm³/mol. The first-order valence-electron chi connectivity index (χ1n) is 3.54. The van der Waals surface area contributed by atoms with Crippen LogP contribution in [0, 0.1) is 0 Å². The Labute approximate surface area is 79.7 Å². The first-order valence-corrected chi connectivity index (χ1v) is 4.33. The van der Waals surface area contributed by atoms with Crippen molar-refractivity contribution < 1.29 is 9.53 Å². The van der Waals surface area contributed by atoms with Gasteiger partial charge < -0.3 is 9.53 Å². The highest BCUT2D eigenvalue weighted by Crippen LogP contribution is 2.22. The molecule has 0 atom stereocenters. The van der Waals surface area contributed by atoms with E-state index in [2.05, 4.69) is 15.9 Å². The molecule has 1 rings (SSSR count). The van der Waals surface area contributed by atoms with Gasteiger partial charge in [0.05, 0.1) is 7.11 Å². The minimum atomic E-state index is 0.414. The number of benzene rings is 1. The molecule has 12 heavy (non-hydrogen) atoms. The zero-order valence-corrected chi connectivity index (χ0v) is 8.30. The largest absolute Gasteiger partial charge is 0.497 e. The van der Waals surface area contributed by atoms with Gasteiger partial charge in [0.2, 0.25) is 0 Å². The van der Waals surface area contributed by atoms with Crippen molar-refractivity contribution >= 4 is 22.2 Å². The minimum absolute atomic E-state index is 0.414. The molecule has 0 N–H and O–H groups in total. The molecule has 0 bridgehead atoms. The van der Waals surface area contributed by atoms with Crippen LogP contribution >= 0.6 is 15.9 Å². The standard InChI is InChI=1S/C9H9BrO2/c1-12-8-2-3-9(10)7(6-8)4-5-11/h2-3,5-6H,4H2,1H3. The Morgan fingerprint density at radius 3 is 2.92 bits per heavy atom.